The molecule has 246 valence electrons. The lowest BCUT2D eigenvalue weighted by molar-refractivity contribution is -0.253. The summed E-state index contributed by atoms with van der Waals surface area (Å²) in [5.74, 6) is -0.685. The maximum atomic E-state index is 12.2. The molecule has 0 aromatic rings. The van der Waals surface area contributed by atoms with E-state index < -0.39 is 74.5 Å². The molecular formula is C28H52N2O12. The summed E-state index contributed by atoms with van der Waals surface area (Å²) in [5.41, 5.74) is 0. The summed E-state index contributed by atoms with van der Waals surface area (Å²) in [7, 11) is 0. The van der Waals surface area contributed by atoms with Gasteiger partial charge >= 0.3 is 0 Å². The predicted octanol–water partition coefficient (Wildman–Crippen LogP) is -1.72. The van der Waals surface area contributed by atoms with Gasteiger partial charge in [0.2, 0.25) is 11.8 Å². The Labute approximate surface area is 247 Å². The molecule has 10 N–H and O–H groups in total. The zero-order valence-corrected chi connectivity index (χ0v) is 24.3. The van der Waals surface area contributed by atoms with Crippen LogP contribution in [0.3, 0.4) is 0 Å². The molecule has 0 bridgehead atoms. The van der Waals surface area contributed by atoms with Gasteiger partial charge in [0.25, 0.3) is 0 Å². The van der Waals surface area contributed by atoms with Crippen molar-refractivity contribution in [2.45, 2.75) is 151 Å². The minimum atomic E-state index is -1.51. The van der Waals surface area contributed by atoms with E-state index >= 15 is 0 Å². The third-order valence-corrected chi connectivity index (χ3v) is 8.01. The standard InChI is InChI=1S/C28H52N2O12/c31-15-17-23(35)25(37)21(27(39)41-17)29-19(33)13-11-9-7-5-3-1-2-4-6-8-10-12-14-20(34)30-22-26(38)24(36)18(16-32)42-28(22)40/h17-18,21-28,31-32,35-40H,1-16H2,(H,29,33)(H,30,34)/t17-,18-,21-,22-,23-,24-,25-,26-,27+,28+/m1/s1. The van der Waals surface area contributed by atoms with E-state index in [0.717, 1.165) is 64.2 Å². The summed E-state index contributed by atoms with van der Waals surface area (Å²) in [6, 6.07) is -2.31. The largest absolute Gasteiger partial charge is 0.394 e. The Bertz CT molecular complexity index is 715. The van der Waals surface area contributed by atoms with Crippen molar-refractivity contribution in [1.29, 1.82) is 0 Å². The Morgan fingerprint density at radius 1 is 0.476 bits per heavy atom. The highest BCUT2D eigenvalue weighted by atomic mass is 16.6. The lowest BCUT2D eigenvalue weighted by Gasteiger charge is -2.40. The molecule has 14 heteroatoms. The number of hydrogen-bond acceptors (Lipinski definition) is 12. The number of unbranched alkanes of at least 4 members (excludes halogenated alkanes) is 11. The van der Waals surface area contributed by atoms with Crippen LogP contribution in [0, 0.1) is 0 Å². The van der Waals surface area contributed by atoms with Crippen molar-refractivity contribution < 1.29 is 59.9 Å². The SMILES string of the molecule is O=C(CCCCCCCCCCCCCCC(=O)N[C@@H]1[C@@H](O)[C@H](O)[C@@H](CO)O[C@@H]1O)N[C@@H]1[C@@H](O)[C@H](O)[C@@H](CO)O[C@@H]1O. The first-order valence-electron chi connectivity index (χ1n) is 15.3. The Morgan fingerprint density at radius 3 is 1.05 bits per heavy atom. The number of ether oxygens (including phenoxy) is 2. The van der Waals surface area contributed by atoms with Crippen molar-refractivity contribution in [2.24, 2.45) is 0 Å². The third-order valence-electron chi connectivity index (χ3n) is 8.01. The van der Waals surface area contributed by atoms with Crippen LogP contribution in [0.1, 0.15) is 89.9 Å². The van der Waals surface area contributed by atoms with Crippen LogP contribution >= 0.6 is 0 Å². The van der Waals surface area contributed by atoms with Crippen LogP contribution in [0.4, 0.5) is 0 Å². The summed E-state index contributed by atoms with van der Waals surface area (Å²) in [6.45, 7) is -1.11. The number of hydrogen-bond donors (Lipinski definition) is 10. The van der Waals surface area contributed by atoms with E-state index in [1.807, 2.05) is 0 Å². The molecule has 0 spiro atoms. The topological polar surface area (TPSA) is 238 Å². The summed E-state index contributed by atoms with van der Waals surface area (Å²) >= 11 is 0. The van der Waals surface area contributed by atoms with Crippen LogP contribution in [0.2, 0.25) is 0 Å². The molecule has 2 amide bonds. The molecule has 2 aliphatic rings. The van der Waals surface area contributed by atoms with Gasteiger partial charge in [0.15, 0.2) is 12.6 Å². The predicted molar refractivity (Wildman–Crippen MR) is 148 cm³/mol. The Balaban J connectivity index is 1.39. The number of aliphatic hydroxyl groups excluding tert-OH is 8. The molecule has 2 rings (SSSR count). The van der Waals surface area contributed by atoms with Crippen molar-refractivity contribution in [2.75, 3.05) is 13.2 Å². The molecule has 14 nitrogen and oxygen atoms in total. The Kier molecular flexibility index (Phi) is 17.3. The Hall–Kier alpha value is -1.46. The first-order chi connectivity index (χ1) is 20.1. The van der Waals surface area contributed by atoms with Gasteiger partial charge in [-0.25, -0.2) is 0 Å². The van der Waals surface area contributed by atoms with Gasteiger partial charge in [-0.3, -0.25) is 9.59 Å². The zero-order chi connectivity index (χ0) is 31.1. The highest BCUT2D eigenvalue weighted by Crippen LogP contribution is 2.21. The minimum absolute atomic E-state index is 0.240. The van der Waals surface area contributed by atoms with E-state index in [1.165, 1.54) is 0 Å². The van der Waals surface area contributed by atoms with Gasteiger partial charge in [-0.05, 0) is 12.8 Å². The summed E-state index contributed by atoms with van der Waals surface area (Å²) in [5, 5.41) is 83.0. The van der Waals surface area contributed by atoms with Gasteiger partial charge in [-0.15, -0.1) is 0 Å². The molecule has 0 saturated carbocycles. The number of nitrogens with one attached hydrogen (secondary N) is 2. The second-order valence-corrected chi connectivity index (χ2v) is 11.4. The molecule has 2 heterocycles. The lowest BCUT2D eigenvalue weighted by Crippen LogP contribution is -2.64. The molecule has 2 saturated heterocycles. The van der Waals surface area contributed by atoms with Crippen LogP contribution in [-0.4, -0.2) is 127 Å². The number of carbonyl (C=O) groups is 2. The van der Waals surface area contributed by atoms with Crippen LogP contribution in [0.5, 0.6) is 0 Å². The average molecular weight is 609 g/mol. The highest BCUT2D eigenvalue weighted by molar-refractivity contribution is 5.76. The first-order valence-corrected chi connectivity index (χ1v) is 15.3. The molecule has 2 fully saturated rings. The lowest BCUT2D eigenvalue weighted by atomic mass is 9.97. The quantitative estimate of drug-likeness (QED) is 0.0737. The number of carbonyl (C=O) groups excluding carboxylic acids is 2. The number of aliphatic hydroxyl groups is 8. The highest BCUT2D eigenvalue weighted by Gasteiger charge is 2.45. The minimum Gasteiger partial charge on any atom is -0.394 e. The molecule has 2 aliphatic heterocycles. The summed E-state index contributed by atoms with van der Waals surface area (Å²) < 4.78 is 10.1. The summed E-state index contributed by atoms with van der Waals surface area (Å²) in [6.07, 6.45) is 1.35. The fourth-order valence-corrected chi connectivity index (χ4v) is 5.36. The zero-order valence-electron chi connectivity index (χ0n) is 24.3. The van der Waals surface area contributed by atoms with Gasteiger partial charge in [0.05, 0.1) is 13.2 Å². The Morgan fingerprint density at radius 2 is 0.762 bits per heavy atom. The van der Waals surface area contributed by atoms with E-state index in [4.69, 9.17) is 19.7 Å². The number of rotatable bonds is 19. The van der Waals surface area contributed by atoms with E-state index in [0.29, 0.717) is 12.8 Å². The fourth-order valence-electron chi connectivity index (χ4n) is 5.36. The van der Waals surface area contributed by atoms with Gasteiger partial charge in [-0.2, -0.15) is 0 Å². The maximum absolute atomic E-state index is 12.2. The molecule has 0 aromatic heterocycles. The van der Waals surface area contributed by atoms with E-state index in [2.05, 4.69) is 10.6 Å². The fraction of sp³-hybridized carbons (Fsp3) is 0.929. The van der Waals surface area contributed by atoms with Crippen LogP contribution in [0.15, 0.2) is 0 Å². The van der Waals surface area contributed by atoms with Gasteiger partial charge in [0.1, 0.15) is 48.7 Å². The molecule has 0 aromatic carbocycles. The first kappa shape index (κ1) is 36.7. The van der Waals surface area contributed by atoms with Crippen molar-refractivity contribution >= 4 is 11.8 Å². The molecule has 0 unspecified atom stereocenters. The van der Waals surface area contributed by atoms with Crippen LogP contribution < -0.4 is 10.6 Å². The number of amides is 2. The molecular weight excluding hydrogens is 556 g/mol. The molecule has 0 aliphatic carbocycles. The van der Waals surface area contributed by atoms with Gasteiger partial charge in [-0.1, -0.05) is 64.2 Å². The monoisotopic (exact) mass is 608 g/mol. The van der Waals surface area contributed by atoms with Crippen molar-refractivity contribution in [3.8, 4) is 0 Å². The maximum Gasteiger partial charge on any atom is 0.220 e. The van der Waals surface area contributed by atoms with E-state index in [9.17, 15) is 40.2 Å². The molecule has 42 heavy (non-hydrogen) atoms. The molecule has 10 atom stereocenters. The van der Waals surface area contributed by atoms with E-state index in [1.54, 1.807) is 0 Å². The summed E-state index contributed by atoms with van der Waals surface area (Å²) in [4.78, 5) is 24.3. The van der Waals surface area contributed by atoms with Crippen molar-refractivity contribution in [3.05, 3.63) is 0 Å². The normalized spacial score (nSPS) is 33.3. The second kappa shape index (κ2) is 19.7. The van der Waals surface area contributed by atoms with Crippen molar-refractivity contribution in [3.63, 3.8) is 0 Å². The smallest absolute Gasteiger partial charge is 0.220 e. The van der Waals surface area contributed by atoms with Crippen LogP contribution in [-0.2, 0) is 19.1 Å². The second-order valence-electron chi connectivity index (χ2n) is 11.4. The van der Waals surface area contributed by atoms with Crippen LogP contribution in [0.25, 0.3) is 0 Å². The van der Waals surface area contributed by atoms with Crippen molar-refractivity contribution in [1.82, 2.24) is 10.6 Å². The average Bonchev–Trinajstić information content (AvgIpc) is 2.97. The van der Waals surface area contributed by atoms with Gasteiger partial charge < -0.3 is 61.0 Å². The molecule has 0 radical (unpaired) electrons. The van der Waals surface area contributed by atoms with E-state index in [-0.39, 0.29) is 24.7 Å². The van der Waals surface area contributed by atoms with Gasteiger partial charge in [0, 0.05) is 12.8 Å². The third kappa shape index (κ3) is 11.9.